The lowest BCUT2D eigenvalue weighted by molar-refractivity contribution is -0.134. The minimum absolute atomic E-state index is 0.378. The van der Waals surface area contributed by atoms with E-state index in [2.05, 4.69) is 23.2 Å². The van der Waals surface area contributed by atoms with E-state index in [-0.39, 0.29) is 0 Å². The van der Waals surface area contributed by atoms with E-state index in [1.54, 1.807) is 0 Å². The summed E-state index contributed by atoms with van der Waals surface area (Å²) in [4.78, 5) is 16.9. The van der Waals surface area contributed by atoms with Crippen molar-refractivity contribution in [1.82, 2.24) is 9.55 Å². The summed E-state index contributed by atoms with van der Waals surface area (Å²) in [6.45, 7) is 3.35. The normalized spacial score (nSPS) is 12.8. The van der Waals surface area contributed by atoms with Crippen LogP contribution in [0.3, 0.4) is 0 Å². The fourth-order valence-corrected chi connectivity index (χ4v) is 4.44. The van der Waals surface area contributed by atoms with Crippen molar-refractivity contribution in [3.63, 3.8) is 0 Å². The molecule has 0 N–H and O–H groups in total. The molecule has 3 aromatic carbocycles. The quantitative estimate of drug-likeness (QED) is 0.309. The van der Waals surface area contributed by atoms with Gasteiger partial charge in [0.05, 0.1) is 16.9 Å². The van der Waals surface area contributed by atoms with E-state index in [1.165, 1.54) is 6.92 Å². The molecule has 0 atom stereocenters. The fraction of sp³-hybridized carbons (Fsp3) is 0.0714. The van der Waals surface area contributed by atoms with Gasteiger partial charge in [0.1, 0.15) is 0 Å². The topological polar surface area (TPSA) is 53.4 Å². The first-order valence-electron chi connectivity index (χ1n) is 10.8. The van der Waals surface area contributed by atoms with Crippen LogP contribution >= 0.6 is 0 Å². The average Bonchev–Trinajstić information content (AvgIpc) is 3.25. The molecule has 0 spiro atoms. The van der Waals surface area contributed by atoms with Gasteiger partial charge in [0.15, 0.2) is 17.3 Å². The maximum Gasteiger partial charge on any atom is 0.308 e. The Labute approximate surface area is 190 Å². The number of esters is 1. The number of carbonyl (C=O) groups is 1. The number of pyridine rings is 1. The van der Waals surface area contributed by atoms with Crippen molar-refractivity contribution >= 4 is 39.2 Å². The summed E-state index contributed by atoms with van der Waals surface area (Å²) >= 11 is 0. The van der Waals surface area contributed by atoms with Gasteiger partial charge in [-0.3, -0.25) is 9.78 Å². The second kappa shape index (κ2) is 7.35. The molecule has 5 nitrogen and oxygen atoms in total. The van der Waals surface area contributed by atoms with Crippen LogP contribution in [0, 0.1) is 6.92 Å². The van der Waals surface area contributed by atoms with E-state index in [9.17, 15) is 4.79 Å². The number of para-hydroxylation sites is 1. The van der Waals surface area contributed by atoms with Crippen molar-refractivity contribution in [3.05, 3.63) is 102 Å². The van der Waals surface area contributed by atoms with Gasteiger partial charge in [0, 0.05) is 29.8 Å². The first kappa shape index (κ1) is 19.3. The number of aromatic nitrogens is 2. The highest BCUT2D eigenvalue weighted by molar-refractivity contribution is 6.00. The summed E-state index contributed by atoms with van der Waals surface area (Å²) in [5, 5.41) is 3.09. The lowest BCUT2D eigenvalue weighted by Gasteiger charge is -2.16. The van der Waals surface area contributed by atoms with Crippen molar-refractivity contribution < 1.29 is 14.3 Å². The van der Waals surface area contributed by atoms with Crippen molar-refractivity contribution in [3.8, 4) is 11.4 Å². The largest absolute Gasteiger partial charge is 0.450 e. The van der Waals surface area contributed by atoms with Gasteiger partial charge in [-0.2, -0.15) is 0 Å². The number of carbonyl (C=O) groups excluding carboxylic acids is 1. The number of hydrogen-bond donors (Lipinski definition) is 0. The van der Waals surface area contributed by atoms with Crippen LogP contribution in [0.2, 0.25) is 0 Å². The molecule has 0 saturated carbocycles. The lowest BCUT2D eigenvalue weighted by atomic mass is 10.0. The van der Waals surface area contributed by atoms with Gasteiger partial charge >= 0.3 is 5.97 Å². The van der Waals surface area contributed by atoms with Gasteiger partial charge in [-0.25, -0.2) is 0 Å². The molecule has 1 aliphatic heterocycles. The maximum atomic E-state index is 12.2. The zero-order chi connectivity index (χ0) is 22.5. The molecule has 0 aliphatic carbocycles. The van der Waals surface area contributed by atoms with Crippen molar-refractivity contribution in [2.75, 3.05) is 0 Å². The highest BCUT2D eigenvalue weighted by atomic mass is 16.6. The Hall–Kier alpha value is -4.38. The molecule has 5 heteroatoms. The van der Waals surface area contributed by atoms with Crippen LogP contribution in [-0.2, 0) is 9.53 Å². The van der Waals surface area contributed by atoms with Crippen molar-refractivity contribution in [2.45, 2.75) is 13.8 Å². The molecule has 6 rings (SSSR count). The second-order valence-corrected chi connectivity index (χ2v) is 8.11. The monoisotopic (exact) mass is 432 g/mol. The molecule has 33 heavy (non-hydrogen) atoms. The summed E-state index contributed by atoms with van der Waals surface area (Å²) in [7, 11) is 0. The van der Waals surface area contributed by atoms with Gasteiger partial charge < -0.3 is 14.0 Å². The Morgan fingerprint density at radius 3 is 2.52 bits per heavy atom. The smallest absolute Gasteiger partial charge is 0.308 e. The molecule has 0 radical (unpaired) electrons. The van der Waals surface area contributed by atoms with E-state index in [1.807, 2.05) is 78.4 Å². The molecule has 0 amide bonds. The summed E-state index contributed by atoms with van der Waals surface area (Å²) in [6, 6.07) is 26.0. The van der Waals surface area contributed by atoms with Gasteiger partial charge in [-0.05, 0) is 54.1 Å². The third-order valence-corrected chi connectivity index (χ3v) is 5.82. The Bertz CT molecular complexity index is 1610. The maximum absolute atomic E-state index is 12.2. The Kier molecular flexibility index (Phi) is 4.30. The van der Waals surface area contributed by atoms with Gasteiger partial charge in [0.25, 0.3) is 0 Å². The molecule has 0 saturated heterocycles. The predicted molar refractivity (Wildman–Crippen MR) is 129 cm³/mol. The van der Waals surface area contributed by atoms with Crippen LogP contribution in [0.5, 0.6) is 5.75 Å². The van der Waals surface area contributed by atoms with Gasteiger partial charge in [0.2, 0.25) is 0 Å². The highest BCUT2D eigenvalue weighted by Gasteiger charge is 2.28. The molecule has 0 fully saturated rings. The van der Waals surface area contributed by atoms with E-state index in [0.717, 1.165) is 44.3 Å². The van der Waals surface area contributed by atoms with E-state index in [4.69, 9.17) is 9.47 Å². The first-order chi connectivity index (χ1) is 16.1. The lowest BCUT2D eigenvalue weighted by Crippen LogP contribution is -2.07. The molecule has 3 heterocycles. The number of fused-ring (bicyclic) bond motifs is 5. The minimum Gasteiger partial charge on any atom is -0.450 e. The molecule has 160 valence electrons. The number of nitrogens with zero attached hydrogens (tertiary/aromatic N) is 2. The standard InChI is InChI=1S/C28H20N2O3/c1-17-14-22(21-10-5-6-11-23(21)29-17)27-28(32-18(2)31)24-12-7-13-30(24)25-15-19-8-3-4-9-20(19)16-26(25)33-27/h3-16H,1-2H3. The summed E-state index contributed by atoms with van der Waals surface area (Å²) < 4.78 is 14.4. The SMILES string of the molecule is CC(=O)OC1=C(c2cc(C)nc3ccccc23)Oc2cc3ccccc3cc2-n2cccc21. The third-order valence-electron chi connectivity index (χ3n) is 5.82. The average molecular weight is 432 g/mol. The molecular formula is C28H20N2O3. The number of ether oxygens (including phenoxy) is 2. The Morgan fingerprint density at radius 2 is 1.70 bits per heavy atom. The molecule has 0 bridgehead atoms. The van der Waals surface area contributed by atoms with Crippen LogP contribution in [-0.4, -0.2) is 15.5 Å². The van der Waals surface area contributed by atoms with Crippen LogP contribution in [0.1, 0.15) is 23.9 Å². The highest BCUT2D eigenvalue weighted by Crippen LogP contribution is 2.42. The summed E-state index contributed by atoms with van der Waals surface area (Å²) in [5.74, 6) is 1.14. The predicted octanol–water partition coefficient (Wildman–Crippen LogP) is 6.27. The molecule has 1 aliphatic rings. The minimum atomic E-state index is -0.412. The van der Waals surface area contributed by atoms with Crippen molar-refractivity contribution in [2.24, 2.45) is 0 Å². The Morgan fingerprint density at radius 1 is 0.939 bits per heavy atom. The van der Waals surface area contributed by atoms with Crippen molar-refractivity contribution in [1.29, 1.82) is 0 Å². The van der Waals surface area contributed by atoms with Gasteiger partial charge in [-0.1, -0.05) is 42.5 Å². The van der Waals surface area contributed by atoms with E-state index in [0.29, 0.717) is 17.3 Å². The number of aryl methyl sites for hydroxylation is 1. The summed E-state index contributed by atoms with van der Waals surface area (Å²) in [5.41, 5.74) is 4.14. The third kappa shape index (κ3) is 3.17. The van der Waals surface area contributed by atoms with Crippen LogP contribution in [0.4, 0.5) is 0 Å². The first-order valence-corrected chi connectivity index (χ1v) is 10.8. The molecule has 0 unspecified atom stereocenters. The van der Waals surface area contributed by atoms with Crippen LogP contribution < -0.4 is 4.74 Å². The zero-order valence-electron chi connectivity index (χ0n) is 18.2. The van der Waals surface area contributed by atoms with Gasteiger partial charge in [-0.15, -0.1) is 0 Å². The number of rotatable bonds is 2. The van der Waals surface area contributed by atoms with E-state index >= 15 is 0 Å². The van der Waals surface area contributed by atoms with Crippen LogP contribution in [0.25, 0.3) is 38.9 Å². The second-order valence-electron chi connectivity index (χ2n) is 8.11. The molecular weight excluding hydrogens is 412 g/mol. The molecule has 2 aromatic heterocycles. The summed E-state index contributed by atoms with van der Waals surface area (Å²) in [6.07, 6.45) is 1.95. The fourth-order valence-electron chi connectivity index (χ4n) is 4.44. The van der Waals surface area contributed by atoms with E-state index < -0.39 is 5.97 Å². The Balaban J connectivity index is 1.71. The number of hydrogen-bond acceptors (Lipinski definition) is 4. The van der Waals surface area contributed by atoms with Crippen LogP contribution in [0.15, 0.2) is 85.1 Å². The molecule has 5 aromatic rings. The zero-order valence-corrected chi connectivity index (χ0v) is 18.2. The number of benzene rings is 3.